The molecule has 0 unspecified atom stereocenters. The van der Waals surface area contributed by atoms with Gasteiger partial charge in [-0.15, -0.1) is 0 Å². The molecule has 0 spiro atoms. The van der Waals surface area contributed by atoms with Crippen molar-refractivity contribution in [3.63, 3.8) is 0 Å². The van der Waals surface area contributed by atoms with Crippen LogP contribution in [0.3, 0.4) is 0 Å². The van der Waals surface area contributed by atoms with Gasteiger partial charge in [0.1, 0.15) is 35.4 Å². The fraction of sp³-hybridized carbons (Fsp3) is 0.190. The molecule has 3 rings (SSSR count). The molecule has 0 fully saturated rings. The monoisotopic (exact) mass is 495 g/mol. The third-order valence-electron chi connectivity index (χ3n) is 4.57. The molecular weight excluding hydrogens is 474 g/mol. The molecule has 0 saturated carbocycles. The van der Waals surface area contributed by atoms with Crippen LogP contribution in [0.4, 0.5) is 23.0 Å². The van der Waals surface area contributed by atoms with Gasteiger partial charge in [-0.05, 0) is 24.3 Å². The second-order valence-electron chi connectivity index (χ2n) is 7.09. The molecule has 0 saturated heterocycles. The molecular formula is C21H21N9O6. The Hall–Kier alpha value is -5.21. The van der Waals surface area contributed by atoms with Gasteiger partial charge < -0.3 is 21.3 Å². The van der Waals surface area contributed by atoms with Gasteiger partial charge in [-0.2, -0.15) is 0 Å². The van der Waals surface area contributed by atoms with Crippen molar-refractivity contribution in [3.8, 4) is 0 Å². The Morgan fingerprint density at radius 2 is 1.14 bits per heavy atom. The summed E-state index contributed by atoms with van der Waals surface area (Å²) in [7, 11) is 0. The van der Waals surface area contributed by atoms with E-state index in [-0.39, 0.29) is 35.9 Å². The number of nitrogens with one attached hydrogen (secondary N) is 4. The molecule has 3 aromatic heterocycles. The van der Waals surface area contributed by atoms with Crippen LogP contribution in [0.1, 0.15) is 21.0 Å². The summed E-state index contributed by atoms with van der Waals surface area (Å²) in [6.07, 6.45) is 2.26. The van der Waals surface area contributed by atoms with Gasteiger partial charge in [0.05, 0.1) is 9.85 Å². The van der Waals surface area contributed by atoms with Crippen molar-refractivity contribution in [2.24, 2.45) is 0 Å². The lowest BCUT2D eigenvalue weighted by atomic mass is 10.2. The molecule has 0 radical (unpaired) electrons. The van der Waals surface area contributed by atoms with E-state index in [1.807, 2.05) is 0 Å². The average molecular weight is 495 g/mol. The molecule has 36 heavy (non-hydrogen) atoms. The van der Waals surface area contributed by atoms with Crippen molar-refractivity contribution in [3.05, 3.63) is 86.5 Å². The molecule has 0 aliphatic rings. The van der Waals surface area contributed by atoms with E-state index in [0.29, 0.717) is 24.7 Å². The summed E-state index contributed by atoms with van der Waals surface area (Å²) in [5.74, 6) is -0.112. The lowest BCUT2D eigenvalue weighted by Crippen LogP contribution is -2.32. The van der Waals surface area contributed by atoms with Gasteiger partial charge in [0, 0.05) is 38.3 Å². The largest absolute Gasteiger partial charge is 0.368 e. The van der Waals surface area contributed by atoms with Gasteiger partial charge in [-0.1, -0.05) is 6.07 Å². The maximum absolute atomic E-state index is 12.4. The van der Waals surface area contributed by atoms with Crippen molar-refractivity contribution < 1.29 is 19.4 Å². The molecule has 4 N–H and O–H groups in total. The van der Waals surface area contributed by atoms with Gasteiger partial charge in [0.25, 0.3) is 23.2 Å². The molecule has 2 amide bonds. The van der Waals surface area contributed by atoms with Crippen LogP contribution in [0.15, 0.2) is 54.9 Å². The summed E-state index contributed by atoms with van der Waals surface area (Å²) < 4.78 is 0. The minimum Gasteiger partial charge on any atom is -0.368 e. The Kier molecular flexibility index (Phi) is 8.69. The zero-order valence-corrected chi connectivity index (χ0v) is 18.7. The highest BCUT2D eigenvalue weighted by atomic mass is 16.6. The molecule has 186 valence electrons. The molecule has 0 aromatic carbocycles. The number of anilines is 2. The van der Waals surface area contributed by atoms with Gasteiger partial charge in [0.2, 0.25) is 0 Å². The zero-order chi connectivity index (χ0) is 25.9. The Bertz CT molecular complexity index is 1140. The number of pyridine rings is 3. The molecule has 0 aliphatic carbocycles. The average Bonchev–Trinajstić information content (AvgIpc) is 2.89. The normalized spacial score (nSPS) is 10.2. The number of carbonyl (C=O) groups excluding carboxylic acids is 2. The van der Waals surface area contributed by atoms with Crippen LogP contribution < -0.4 is 21.3 Å². The van der Waals surface area contributed by atoms with E-state index >= 15 is 0 Å². The fourth-order valence-electron chi connectivity index (χ4n) is 2.80. The second kappa shape index (κ2) is 12.3. The highest BCUT2D eigenvalue weighted by molar-refractivity contribution is 5.96. The van der Waals surface area contributed by atoms with Crippen LogP contribution in [0.25, 0.3) is 0 Å². The van der Waals surface area contributed by atoms with E-state index in [0.717, 1.165) is 12.4 Å². The lowest BCUT2D eigenvalue weighted by Gasteiger charge is -2.09. The first kappa shape index (κ1) is 25.4. The van der Waals surface area contributed by atoms with Crippen molar-refractivity contribution >= 4 is 34.8 Å². The maximum Gasteiger partial charge on any atom is 0.287 e. The molecule has 0 atom stereocenters. The predicted octanol–water partition coefficient (Wildman–Crippen LogP) is 1.37. The zero-order valence-electron chi connectivity index (χ0n) is 18.7. The number of amides is 2. The number of hydrogen-bond acceptors (Lipinski definition) is 11. The van der Waals surface area contributed by atoms with E-state index in [9.17, 15) is 29.8 Å². The number of aromatic nitrogens is 3. The summed E-state index contributed by atoms with van der Waals surface area (Å²) >= 11 is 0. The SMILES string of the molecule is O=C(NCCNc1ccc([N+](=O)[O-])cn1)c1cccc(C(=O)NCCNc2ccc([N+](=O)[O-])cn2)n1. The summed E-state index contributed by atoms with van der Waals surface area (Å²) in [4.78, 5) is 56.8. The van der Waals surface area contributed by atoms with Crippen molar-refractivity contribution in [2.75, 3.05) is 36.8 Å². The summed E-state index contributed by atoms with van der Waals surface area (Å²) in [5, 5.41) is 32.4. The van der Waals surface area contributed by atoms with E-state index in [1.165, 1.54) is 42.5 Å². The summed E-state index contributed by atoms with van der Waals surface area (Å²) in [6.45, 7) is 1.07. The first-order valence-electron chi connectivity index (χ1n) is 10.6. The number of nitro groups is 2. The topological polar surface area (TPSA) is 207 Å². The van der Waals surface area contributed by atoms with Gasteiger partial charge in [-0.3, -0.25) is 29.8 Å². The van der Waals surface area contributed by atoms with Crippen LogP contribution >= 0.6 is 0 Å². The Morgan fingerprint density at radius 3 is 1.50 bits per heavy atom. The van der Waals surface area contributed by atoms with Gasteiger partial charge in [0.15, 0.2) is 0 Å². The highest BCUT2D eigenvalue weighted by Crippen LogP contribution is 2.12. The predicted molar refractivity (Wildman–Crippen MR) is 128 cm³/mol. The lowest BCUT2D eigenvalue weighted by molar-refractivity contribution is -0.385. The van der Waals surface area contributed by atoms with E-state index < -0.39 is 21.7 Å². The van der Waals surface area contributed by atoms with Crippen molar-refractivity contribution in [2.45, 2.75) is 0 Å². The minimum absolute atomic E-state index is 0.0596. The molecule has 0 aliphatic heterocycles. The van der Waals surface area contributed by atoms with Gasteiger partial charge in [-0.25, -0.2) is 15.0 Å². The summed E-state index contributed by atoms with van der Waals surface area (Å²) in [6, 6.07) is 10.0. The molecule has 15 nitrogen and oxygen atoms in total. The third-order valence-corrected chi connectivity index (χ3v) is 4.57. The van der Waals surface area contributed by atoms with Gasteiger partial charge >= 0.3 is 0 Å². The number of rotatable bonds is 12. The van der Waals surface area contributed by atoms with Crippen molar-refractivity contribution in [1.82, 2.24) is 25.6 Å². The third kappa shape index (κ3) is 7.41. The van der Waals surface area contributed by atoms with E-state index in [4.69, 9.17) is 0 Å². The van der Waals surface area contributed by atoms with Crippen LogP contribution in [0.5, 0.6) is 0 Å². The molecule has 3 aromatic rings. The van der Waals surface area contributed by atoms with Crippen LogP contribution in [-0.4, -0.2) is 62.8 Å². The fourth-order valence-corrected chi connectivity index (χ4v) is 2.80. The minimum atomic E-state index is -0.547. The number of hydrogen-bond donors (Lipinski definition) is 4. The van der Waals surface area contributed by atoms with E-state index in [1.54, 1.807) is 0 Å². The first-order valence-corrected chi connectivity index (χ1v) is 10.6. The van der Waals surface area contributed by atoms with Crippen LogP contribution in [0, 0.1) is 20.2 Å². The summed E-state index contributed by atoms with van der Waals surface area (Å²) in [5.41, 5.74) is -0.128. The quantitative estimate of drug-likeness (QED) is 0.160. The Balaban J connectivity index is 1.40. The number of carbonyl (C=O) groups is 2. The smallest absolute Gasteiger partial charge is 0.287 e. The van der Waals surface area contributed by atoms with E-state index in [2.05, 4.69) is 36.2 Å². The standard InChI is InChI=1S/C21H21N9O6/c31-20(24-10-8-22-18-6-4-14(12-26-18)29(33)34)16-2-1-3-17(28-16)21(32)25-11-9-23-19-7-5-15(13-27-19)30(35)36/h1-7,12-13H,8-11H2,(H,22,26)(H,23,27)(H,24,31)(H,25,32). The highest BCUT2D eigenvalue weighted by Gasteiger charge is 2.12. The Morgan fingerprint density at radius 1 is 0.694 bits per heavy atom. The maximum atomic E-state index is 12.4. The molecule has 0 bridgehead atoms. The van der Waals surface area contributed by atoms with Crippen LogP contribution in [-0.2, 0) is 0 Å². The Labute approximate surface area is 203 Å². The number of nitrogens with zero attached hydrogens (tertiary/aromatic N) is 5. The van der Waals surface area contributed by atoms with Crippen molar-refractivity contribution in [1.29, 1.82) is 0 Å². The molecule has 15 heteroatoms. The second-order valence-corrected chi connectivity index (χ2v) is 7.09. The molecule has 3 heterocycles. The van der Waals surface area contributed by atoms with Crippen LogP contribution in [0.2, 0.25) is 0 Å². The first-order chi connectivity index (χ1) is 17.3.